The van der Waals surface area contributed by atoms with Crippen LogP contribution in [0, 0.1) is 5.92 Å². The molecule has 3 rings (SSSR count). The zero-order valence-electron chi connectivity index (χ0n) is 12.6. The van der Waals surface area contributed by atoms with Crippen LogP contribution in [-0.4, -0.2) is 45.5 Å². The number of benzene rings is 1. The standard InChI is InChI=1S/C16H22N2O3S/c19-16(17-11-13-7-10-22(20,21)12-13)14-5-1-2-6-15(14)18-8-3-4-9-18/h1-2,5-6,13H,3-4,7-12H2,(H,17,19)/t13-/m1/s1. The molecule has 22 heavy (non-hydrogen) atoms. The van der Waals surface area contributed by atoms with E-state index < -0.39 is 9.84 Å². The second-order valence-electron chi connectivity index (χ2n) is 6.19. The Labute approximate surface area is 131 Å². The Morgan fingerprint density at radius 1 is 1.23 bits per heavy atom. The zero-order valence-corrected chi connectivity index (χ0v) is 13.4. The van der Waals surface area contributed by atoms with Gasteiger partial charge in [0.05, 0.1) is 17.1 Å². The van der Waals surface area contributed by atoms with E-state index in [1.807, 2.05) is 24.3 Å². The minimum atomic E-state index is -2.89. The normalized spacial score (nSPS) is 23.6. The summed E-state index contributed by atoms with van der Waals surface area (Å²) in [6, 6.07) is 7.65. The Morgan fingerprint density at radius 2 is 1.95 bits per heavy atom. The fourth-order valence-corrected chi connectivity index (χ4v) is 5.13. The number of carbonyl (C=O) groups is 1. The maximum atomic E-state index is 12.5. The summed E-state index contributed by atoms with van der Waals surface area (Å²) < 4.78 is 22.9. The summed E-state index contributed by atoms with van der Waals surface area (Å²) in [6.07, 6.45) is 2.97. The largest absolute Gasteiger partial charge is 0.371 e. The van der Waals surface area contributed by atoms with Crippen LogP contribution in [0.1, 0.15) is 29.6 Å². The third-order valence-electron chi connectivity index (χ3n) is 4.47. The van der Waals surface area contributed by atoms with Crippen molar-refractivity contribution in [2.75, 3.05) is 36.0 Å². The minimum absolute atomic E-state index is 0.0490. The van der Waals surface area contributed by atoms with E-state index in [1.165, 1.54) is 0 Å². The van der Waals surface area contributed by atoms with Crippen molar-refractivity contribution in [3.63, 3.8) is 0 Å². The molecule has 1 amide bonds. The average molecular weight is 322 g/mol. The highest BCUT2D eigenvalue weighted by atomic mass is 32.2. The molecule has 0 saturated carbocycles. The second kappa shape index (κ2) is 6.28. The van der Waals surface area contributed by atoms with E-state index in [-0.39, 0.29) is 23.3 Å². The van der Waals surface area contributed by atoms with Gasteiger partial charge in [-0.3, -0.25) is 4.79 Å². The lowest BCUT2D eigenvalue weighted by Crippen LogP contribution is -2.31. The van der Waals surface area contributed by atoms with Gasteiger partial charge in [-0.2, -0.15) is 0 Å². The van der Waals surface area contributed by atoms with Gasteiger partial charge in [-0.05, 0) is 37.3 Å². The van der Waals surface area contributed by atoms with Crippen molar-refractivity contribution in [1.29, 1.82) is 0 Å². The molecule has 1 atom stereocenters. The molecule has 2 aliphatic rings. The van der Waals surface area contributed by atoms with Gasteiger partial charge in [-0.15, -0.1) is 0 Å². The lowest BCUT2D eigenvalue weighted by Gasteiger charge is -2.21. The van der Waals surface area contributed by atoms with Gasteiger partial charge in [-0.1, -0.05) is 12.1 Å². The van der Waals surface area contributed by atoms with Crippen LogP contribution in [0.25, 0.3) is 0 Å². The summed E-state index contributed by atoms with van der Waals surface area (Å²) in [4.78, 5) is 14.7. The van der Waals surface area contributed by atoms with Crippen LogP contribution in [0.3, 0.4) is 0 Å². The summed E-state index contributed by atoms with van der Waals surface area (Å²) in [6.45, 7) is 2.42. The van der Waals surface area contributed by atoms with Crippen LogP contribution in [0.5, 0.6) is 0 Å². The van der Waals surface area contributed by atoms with Crippen LogP contribution in [0.4, 0.5) is 5.69 Å². The molecule has 1 N–H and O–H groups in total. The lowest BCUT2D eigenvalue weighted by atomic mass is 10.1. The topological polar surface area (TPSA) is 66.5 Å². The summed E-state index contributed by atoms with van der Waals surface area (Å²) in [7, 11) is -2.89. The van der Waals surface area contributed by atoms with Crippen molar-refractivity contribution in [1.82, 2.24) is 5.32 Å². The molecule has 0 aliphatic carbocycles. The minimum Gasteiger partial charge on any atom is -0.371 e. The van der Waals surface area contributed by atoms with Crippen LogP contribution in [0.2, 0.25) is 0 Å². The van der Waals surface area contributed by atoms with Crippen molar-refractivity contribution >= 4 is 21.4 Å². The number of para-hydroxylation sites is 1. The van der Waals surface area contributed by atoms with Gasteiger partial charge >= 0.3 is 0 Å². The average Bonchev–Trinajstić information content (AvgIpc) is 3.14. The third-order valence-corrected chi connectivity index (χ3v) is 6.31. The van der Waals surface area contributed by atoms with E-state index in [1.54, 1.807) is 0 Å². The summed E-state index contributed by atoms with van der Waals surface area (Å²) in [5, 5.41) is 2.91. The summed E-state index contributed by atoms with van der Waals surface area (Å²) >= 11 is 0. The molecule has 120 valence electrons. The molecule has 2 aliphatic heterocycles. The van der Waals surface area contributed by atoms with Gasteiger partial charge in [0.15, 0.2) is 9.84 Å². The van der Waals surface area contributed by atoms with E-state index in [0.717, 1.165) is 31.6 Å². The molecular formula is C16H22N2O3S. The van der Waals surface area contributed by atoms with Crippen molar-refractivity contribution < 1.29 is 13.2 Å². The van der Waals surface area contributed by atoms with E-state index in [0.29, 0.717) is 18.5 Å². The van der Waals surface area contributed by atoms with E-state index >= 15 is 0 Å². The Bertz CT molecular complexity index is 651. The van der Waals surface area contributed by atoms with Gasteiger partial charge in [0.1, 0.15) is 0 Å². The van der Waals surface area contributed by atoms with Gasteiger partial charge in [-0.25, -0.2) is 8.42 Å². The van der Waals surface area contributed by atoms with E-state index in [4.69, 9.17) is 0 Å². The fourth-order valence-electron chi connectivity index (χ4n) is 3.26. The van der Waals surface area contributed by atoms with Gasteiger partial charge in [0.25, 0.3) is 5.91 Å². The number of rotatable bonds is 4. The highest BCUT2D eigenvalue weighted by Gasteiger charge is 2.28. The van der Waals surface area contributed by atoms with Crippen LogP contribution >= 0.6 is 0 Å². The van der Waals surface area contributed by atoms with Crippen molar-refractivity contribution in [2.45, 2.75) is 19.3 Å². The van der Waals surface area contributed by atoms with Gasteiger partial charge in [0.2, 0.25) is 0 Å². The number of hydrogen-bond acceptors (Lipinski definition) is 4. The first-order chi connectivity index (χ1) is 10.6. The Morgan fingerprint density at radius 3 is 2.64 bits per heavy atom. The Kier molecular flexibility index (Phi) is 4.38. The Hall–Kier alpha value is -1.56. The number of carbonyl (C=O) groups excluding carboxylic acids is 1. The highest BCUT2D eigenvalue weighted by molar-refractivity contribution is 7.91. The Balaban J connectivity index is 1.65. The SMILES string of the molecule is O=C(NC[C@H]1CCS(=O)(=O)C1)c1ccccc1N1CCCC1. The number of nitrogens with one attached hydrogen (secondary N) is 1. The zero-order chi connectivity index (χ0) is 15.6. The monoisotopic (exact) mass is 322 g/mol. The van der Waals surface area contributed by atoms with Crippen LogP contribution in [-0.2, 0) is 9.84 Å². The molecule has 0 unspecified atom stereocenters. The molecule has 2 saturated heterocycles. The number of hydrogen-bond donors (Lipinski definition) is 1. The summed E-state index contributed by atoms with van der Waals surface area (Å²) in [5.74, 6) is 0.388. The smallest absolute Gasteiger partial charge is 0.253 e. The fraction of sp³-hybridized carbons (Fsp3) is 0.562. The molecule has 5 nitrogen and oxygen atoms in total. The maximum Gasteiger partial charge on any atom is 0.253 e. The highest BCUT2D eigenvalue weighted by Crippen LogP contribution is 2.24. The first-order valence-corrected chi connectivity index (χ1v) is 9.70. The first-order valence-electron chi connectivity index (χ1n) is 7.88. The molecule has 0 spiro atoms. The van der Waals surface area contributed by atoms with Crippen LogP contribution in [0.15, 0.2) is 24.3 Å². The molecule has 2 heterocycles. The molecular weight excluding hydrogens is 300 g/mol. The molecule has 1 aromatic carbocycles. The van der Waals surface area contributed by atoms with Crippen molar-refractivity contribution in [2.24, 2.45) is 5.92 Å². The quantitative estimate of drug-likeness (QED) is 0.911. The van der Waals surface area contributed by atoms with E-state index in [2.05, 4.69) is 10.2 Å². The number of nitrogens with zero attached hydrogens (tertiary/aromatic N) is 1. The van der Waals surface area contributed by atoms with Crippen molar-refractivity contribution in [3.05, 3.63) is 29.8 Å². The van der Waals surface area contributed by atoms with Gasteiger partial charge in [0, 0.05) is 25.3 Å². The molecule has 0 aromatic heterocycles. The molecule has 0 bridgehead atoms. The molecule has 2 fully saturated rings. The van der Waals surface area contributed by atoms with Crippen molar-refractivity contribution in [3.8, 4) is 0 Å². The first kappa shape index (κ1) is 15.3. The molecule has 1 aromatic rings. The predicted octanol–water partition coefficient (Wildman–Crippen LogP) is 1.45. The maximum absolute atomic E-state index is 12.5. The molecule has 6 heteroatoms. The van der Waals surface area contributed by atoms with Crippen LogP contribution < -0.4 is 10.2 Å². The summed E-state index contributed by atoms with van der Waals surface area (Å²) in [5.41, 5.74) is 1.67. The predicted molar refractivity (Wildman–Crippen MR) is 87.0 cm³/mol. The van der Waals surface area contributed by atoms with Gasteiger partial charge < -0.3 is 10.2 Å². The second-order valence-corrected chi connectivity index (χ2v) is 8.42. The molecule has 0 radical (unpaired) electrons. The lowest BCUT2D eigenvalue weighted by molar-refractivity contribution is 0.0949. The number of amides is 1. The van der Waals surface area contributed by atoms with E-state index in [9.17, 15) is 13.2 Å². The number of sulfone groups is 1. The third kappa shape index (κ3) is 3.43. The number of anilines is 1.